The van der Waals surface area contributed by atoms with E-state index in [1.165, 1.54) is 34.8 Å². The van der Waals surface area contributed by atoms with E-state index in [0.717, 1.165) is 50.5 Å². The van der Waals surface area contributed by atoms with E-state index in [-0.39, 0.29) is 35.5 Å². The third kappa shape index (κ3) is 17.4. The minimum atomic E-state index is -1.05. The molecule has 0 spiro atoms. The third-order valence-electron chi connectivity index (χ3n) is 9.89. The highest BCUT2D eigenvalue weighted by Gasteiger charge is 2.24. The topological polar surface area (TPSA) is 193 Å². The molecular formula is C50H58N4O7S4. The summed E-state index contributed by atoms with van der Waals surface area (Å²) in [6, 6.07) is 32.0. The van der Waals surface area contributed by atoms with Gasteiger partial charge in [0.1, 0.15) is 10.0 Å². The summed E-state index contributed by atoms with van der Waals surface area (Å²) in [6.45, 7) is 6.58. The van der Waals surface area contributed by atoms with Gasteiger partial charge in [0.05, 0.1) is 53.1 Å². The van der Waals surface area contributed by atoms with Crippen LogP contribution in [0.15, 0.2) is 120 Å². The number of aromatic nitrogens is 2. The predicted molar refractivity (Wildman–Crippen MR) is 268 cm³/mol. The molecule has 0 aliphatic heterocycles. The lowest BCUT2D eigenvalue weighted by Crippen LogP contribution is -2.42. The van der Waals surface area contributed by atoms with E-state index in [0.29, 0.717) is 29.5 Å². The maximum absolute atomic E-state index is 13.1. The molecule has 0 saturated heterocycles. The van der Waals surface area contributed by atoms with Crippen molar-refractivity contribution in [2.45, 2.75) is 76.7 Å². The van der Waals surface area contributed by atoms with Gasteiger partial charge in [-0.05, 0) is 99.9 Å². The van der Waals surface area contributed by atoms with Crippen molar-refractivity contribution >= 4 is 69.6 Å². The minimum Gasteiger partial charge on any atom is -0.478 e. The van der Waals surface area contributed by atoms with Gasteiger partial charge in [0.15, 0.2) is 11.6 Å². The van der Waals surface area contributed by atoms with Gasteiger partial charge in [-0.25, -0.2) is 14.8 Å². The number of carboxylic acids is 1. The van der Waals surface area contributed by atoms with E-state index in [1.54, 1.807) is 87.6 Å². The minimum absolute atomic E-state index is 0.0556. The standard InChI is InChI=1S/C25H28N2O3S2.C15H18N2OS2.C10H12O3/c1-25(2,30)19-11-7-10-18(14-19)24(29)27-20(12-13-31-3)22(28)15-23-26-21(16-32-23)17-8-5-4-6-9-17;1-19-8-7-12(16)14(18)9-15-17-13(10-20-15)11-5-3-2-4-6-11;1-10(2,13)8-5-3-4-7(6-8)9(11)12/h4-11,14,16,20,30H,12-13,15H2,1-3H3,(H,27,29);2-6,10,12H,7-9,16H2,1H3;3-6,13H,1-2H3,(H,11,12)/t20-;12-;/m00./s1. The number of thiazole rings is 2. The zero-order chi connectivity index (χ0) is 47.6. The van der Waals surface area contributed by atoms with Crippen LogP contribution in [0.1, 0.15) is 82.4 Å². The third-order valence-corrected chi connectivity index (χ3v) is 12.9. The largest absolute Gasteiger partial charge is 0.478 e. The van der Waals surface area contributed by atoms with Crippen LogP contribution >= 0.6 is 46.2 Å². The molecule has 2 aromatic heterocycles. The predicted octanol–water partition coefficient (Wildman–Crippen LogP) is 9.32. The van der Waals surface area contributed by atoms with Crippen LogP contribution in [-0.4, -0.2) is 84.8 Å². The molecular weight excluding hydrogens is 897 g/mol. The Labute approximate surface area is 398 Å². The van der Waals surface area contributed by atoms with Gasteiger partial charge in [-0.15, -0.1) is 22.7 Å². The Morgan fingerprint density at radius 1 is 0.646 bits per heavy atom. The summed E-state index contributed by atoms with van der Waals surface area (Å²) < 4.78 is 0. The molecule has 6 aromatic rings. The second-order valence-electron chi connectivity index (χ2n) is 16.1. The van der Waals surface area contributed by atoms with Crippen molar-refractivity contribution in [2.75, 3.05) is 24.0 Å². The first-order valence-electron chi connectivity index (χ1n) is 20.9. The van der Waals surface area contributed by atoms with Crippen molar-refractivity contribution in [3.8, 4) is 22.5 Å². The molecule has 344 valence electrons. The number of ketones is 2. The van der Waals surface area contributed by atoms with Crippen molar-refractivity contribution in [2.24, 2.45) is 5.73 Å². The number of carboxylic acid groups (broad SMARTS) is 1. The molecule has 0 bridgehead atoms. The molecule has 15 heteroatoms. The molecule has 0 aliphatic carbocycles. The summed E-state index contributed by atoms with van der Waals surface area (Å²) in [4.78, 5) is 57.7. The first-order valence-corrected chi connectivity index (χ1v) is 25.4. The maximum Gasteiger partial charge on any atom is 0.335 e. The van der Waals surface area contributed by atoms with E-state index in [4.69, 9.17) is 10.8 Å². The number of nitrogens with one attached hydrogen (secondary N) is 1. The second kappa shape index (κ2) is 25.6. The molecule has 0 unspecified atom stereocenters. The quantitative estimate of drug-likeness (QED) is 0.0518. The number of hydrogen-bond acceptors (Lipinski definition) is 13. The monoisotopic (exact) mass is 954 g/mol. The van der Waals surface area contributed by atoms with Crippen molar-refractivity contribution in [3.05, 3.63) is 152 Å². The smallest absolute Gasteiger partial charge is 0.335 e. The number of nitrogens with zero attached hydrogens (tertiary/aromatic N) is 2. The summed E-state index contributed by atoms with van der Waals surface area (Å²) in [5.41, 5.74) is 9.58. The number of carbonyl (C=O) groups excluding carboxylic acids is 3. The zero-order valence-corrected chi connectivity index (χ0v) is 40.8. The molecule has 6 rings (SSSR count). The molecule has 1 amide bonds. The van der Waals surface area contributed by atoms with Crippen LogP contribution in [0, 0.1) is 0 Å². The van der Waals surface area contributed by atoms with Gasteiger partial charge < -0.3 is 26.4 Å². The Morgan fingerprint density at radius 3 is 1.55 bits per heavy atom. The van der Waals surface area contributed by atoms with Crippen LogP contribution in [0.25, 0.3) is 22.5 Å². The number of aliphatic hydroxyl groups is 2. The highest BCUT2D eigenvalue weighted by Crippen LogP contribution is 2.25. The summed E-state index contributed by atoms with van der Waals surface area (Å²) in [5, 5.41) is 37.0. The van der Waals surface area contributed by atoms with Gasteiger partial charge in [0, 0.05) is 27.5 Å². The SMILES string of the molecule is CC(C)(O)c1cccc(C(=O)O)c1.CSCC[C@H](N)C(=O)Cc1nc(-c2ccccc2)cs1.CSCC[C@H](NC(=O)c1cccc(C(C)(C)O)c1)C(=O)Cc1nc(-c2ccccc2)cs1. The zero-order valence-electron chi connectivity index (χ0n) is 37.5. The molecule has 2 atom stereocenters. The average molecular weight is 955 g/mol. The number of benzene rings is 4. The Bertz CT molecular complexity index is 2440. The maximum atomic E-state index is 13.1. The Morgan fingerprint density at radius 2 is 1.09 bits per heavy atom. The molecule has 0 aliphatic rings. The fourth-order valence-electron chi connectivity index (χ4n) is 6.09. The van der Waals surface area contributed by atoms with E-state index in [2.05, 4.69) is 15.3 Å². The highest BCUT2D eigenvalue weighted by atomic mass is 32.2. The van der Waals surface area contributed by atoms with Crippen molar-refractivity contribution in [1.82, 2.24) is 15.3 Å². The normalized spacial score (nSPS) is 12.1. The number of rotatable bonds is 19. The summed E-state index contributed by atoms with van der Waals surface area (Å²) in [5.74, 6) is 0.395. The van der Waals surface area contributed by atoms with Crippen molar-refractivity contribution < 1.29 is 34.5 Å². The van der Waals surface area contributed by atoms with Gasteiger partial charge in [0.2, 0.25) is 0 Å². The Hall–Kier alpha value is -5.00. The number of Topliss-reactive ketones (excluding diaryl/α,β-unsaturated/α-hetero) is 2. The van der Waals surface area contributed by atoms with E-state index in [1.807, 2.05) is 83.9 Å². The van der Waals surface area contributed by atoms with Crippen LogP contribution in [0.4, 0.5) is 0 Å². The van der Waals surface area contributed by atoms with Gasteiger partial charge in [0.25, 0.3) is 5.91 Å². The number of thioether (sulfide) groups is 2. The number of carbonyl (C=O) groups is 4. The molecule has 0 saturated carbocycles. The lowest BCUT2D eigenvalue weighted by Gasteiger charge is -2.20. The summed E-state index contributed by atoms with van der Waals surface area (Å²) in [7, 11) is 0. The average Bonchev–Trinajstić information content (AvgIpc) is 3.97. The summed E-state index contributed by atoms with van der Waals surface area (Å²) >= 11 is 6.32. The lowest BCUT2D eigenvalue weighted by atomic mass is 9.96. The van der Waals surface area contributed by atoms with E-state index < -0.39 is 23.2 Å². The first kappa shape index (κ1) is 52.6. The van der Waals surface area contributed by atoms with E-state index in [9.17, 15) is 29.4 Å². The molecule has 0 fully saturated rings. The second-order valence-corrected chi connectivity index (χ2v) is 19.9. The molecule has 11 nitrogen and oxygen atoms in total. The lowest BCUT2D eigenvalue weighted by molar-refractivity contribution is -0.120. The van der Waals surface area contributed by atoms with E-state index >= 15 is 0 Å². The fraction of sp³-hybridized carbons (Fsp3) is 0.320. The van der Waals surface area contributed by atoms with Crippen LogP contribution in [-0.2, 0) is 33.6 Å². The van der Waals surface area contributed by atoms with Gasteiger partial charge in [-0.2, -0.15) is 23.5 Å². The Kier molecular flexibility index (Phi) is 20.7. The molecule has 2 heterocycles. The number of nitrogens with two attached hydrogens (primary N) is 1. The van der Waals surface area contributed by atoms with Crippen LogP contribution in [0.5, 0.6) is 0 Å². The molecule has 4 aromatic carbocycles. The fourth-order valence-corrected chi connectivity index (χ4v) is 8.68. The van der Waals surface area contributed by atoms with Crippen molar-refractivity contribution in [1.29, 1.82) is 0 Å². The van der Waals surface area contributed by atoms with Gasteiger partial charge in [-0.3, -0.25) is 14.4 Å². The number of hydrogen-bond donors (Lipinski definition) is 5. The summed E-state index contributed by atoms with van der Waals surface area (Å²) in [6.07, 6.45) is 5.80. The first-order chi connectivity index (χ1) is 30.9. The molecule has 65 heavy (non-hydrogen) atoms. The molecule has 0 radical (unpaired) electrons. The molecule has 6 N–H and O–H groups in total. The number of amides is 1. The van der Waals surface area contributed by atoms with Gasteiger partial charge >= 0.3 is 5.97 Å². The van der Waals surface area contributed by atoms with Gasteiger partial charge in [-0.1, -0.05) is 84.9 Å². The van der Waals surface area contributed by atoms with Crippen LogP contribution < -0.4 is 11.1 Å². The highest BCUT2D eigenvalue weighted by molar-refractivity contribution is 7.98. The number of aromatic carboxylic acids is 1. The van der Waals surface area contributed by atoms with Crippen molar-refractivity contribution in [3.63, 3.8) is 0 Å². The van der Waals surface area contributed by atoms with Crippen LogP contribution in [0.2, 0.25) is 0 Å². The Balaban J connectivity index is 0.000000238. The van der Waals surface area contributed by atoms with Crippen LogP contribution in [0.3, 0.4) is 0 Å².